The molecule has 0 radical (unpaired) electrons. The van der Waals surface area contributed by atoms with E-state index in [1.165, 1.54) is 0 Å². The molecule has 2 aromatic rings. The molecule has 1 atom stereocenters. The van der Waals surface area contributed by atoms with Gasteiger partial charge in [-0.25, -0.2) is 4.98 Å². The molecule has 0 saturated heterocycles. The third-order valence-corrected chi connectivity index (χ3v) is 5.19. The molecular formula is C19H26F3N5OS. The molecule has 1 heterocycles. The molecule has 0 amide bonds. The van der Waals surface area contributed by atoms with Crippen molar-refractivity contribution in [1.29, 1.82) is 0 Å². The van der Waals surface area contributed by atoms with E-state index in [1.807, 2.05) is 38.4 Å². The van der Waals surface area contributed by atoms with E-state index >= 15 is 0 Å². The third kappa shape index (κ3) is 6.90. The number of alkyl halides is 3. The van der Waals surface area contributed by atoms with Crippen LogP contribution in [0.25, 0.3) is 0 Å². The number of halogens is 3. The summed E-state index contributed by atoms with van der Waals surface area (Å²) in [6.45, 7) is 1.04. The molecule has 1 unspecified atom stereocenters. The van der Waals surface area contributed by atoms with Gasteiger partial charge in [0, 0.05) is 31.9 Å². The summed E-state index contributed by atoms with van der Waals surface area (Å²) in [7, 11) is 7.27. The van der Waals surface area contributed by atoms with Crippen LogP contribution in [0.15, 0.2) is 34.6 Å². The van der Waals surface area contributed by atoms with Gasteiger partial charge in [0.25, 0.3) is 0 Å². The highest BCUT2D eigenvalue weighted by Gasteiger charge is 2.33. The lowest BCUT2D eigenvalue weighted by Gasteiger charge is -2.26. The third-order valence-electron chi connectivity index (χ3n) is 4.28. The molecule has 0 bridgehead atoms. The number of likely N-dealkylation sites (N-methyl/N-ethyl adjacent to an activating group) is 1. The number of methoxy groups -OCH3 is 1. The van der Waals surface area contributed by atoms with Gasteiger partial charge in [-0.05, 0) is 31.8 Å². The highest BCUT2D eigenvalue weighted by atomic mass is 32.1. The van der Waals surface area contributed by atoms with Crippen LogP contribution in [0.4, 0.5) is 13.2 Å². The lowest BCUT2D eigenvalue weighted by atomic mass is 10.1. The summed E-state index contributed by atoms with van der Waals surface area (Å²) in [6, 6.07) is 7.97. The molecule has 0 aliphatic rings. The summed E-state index contributed by atoms with van der Waals surface area (Å²) >= 11 is 1.01. The van der Waals surface area contributed by atoms with Crippen molar-refractivity contribution >= 4 is 17.3 Å². The Hall–Kier alpha value is -2.33. The number of nitrogens with one attached hydrogen (secondary N) is 2. The van der Waals surface area contributed by atoms with Crippen molar-refractivity contribution in [3.8, 4) is 5.75 Å². The van der Waals surface area contributed by atoms with Crippen LogP contribution in [-0.4, -0.2) is 57.2 Å². The second-order valence-electron chi connectivity index (χ2n) is 6.51. The number of hydrogen-bond acceptors (Lipinski definition) is 5. The first-order valence-corrected chi connectivity index (χ1v) is 9.89. The lowest BCUT2D eigenvalue weighted by molar-refractivity contribution is -0.140. The normalized spacial score (nSPS) is 13.4. The molecule has 2 N–H and O–H groups in total. The maximum absolute atomic E-state index is 12.6. The summed E-state index contributed by atoms with van der Waals surface area (Å²) in [5.74, 6) is 1.38. The molecule has 0 aliphatic heterocycles. The Morgan fingerprint density at radius 2 is 1.93 bits per heavy atom. The SMILES string of the molecule is CN=C(NCCc1nc(C(F)(F)F)cs1)NCC(c1ccc(OC)cc1)N(C)C. The summed E-state index contributed by atoms with van der Waals surface area (Å²) in [5.41, 5.74) is 0.287. The predicted octanol–water partition coefficient (Wildman–Crippen LogP) is 3.18. The molecule has 6 nitrogen and oxygen atoms in total. The standard InChI is InChI=1S/C19H26F3N5OS/c1-23-18(24-10-9-17-26-16(12-29-17)19(20,21)22)25-11-15(27(2)3)13-5-7-14(28-4)8-6-13/h5-8,12,15H,9-11H2,1-4H3,(H2,23,24,25). The minimum Gasteiger partial charge on any atom is -0.497 e. The fourth-order valence-electron chi connectivity index (χ4n) is 2.68. The van der Waals surface area contributed by atoms with Gasteiger partial charge in [-0.1, -0.05) is 12.1 Å². The molecule has 29 heavy (non-hydrogen) atoms. The van der Waals surface area contributed by atoms with Crippen LogP contribution in [0.1, 0.15) is 22.3 Å². The number of ether oxygens (including phenoxy) is 1. The lowest BCUT2D eigenvalue weighted by Crippen LogP contribution is -2.42. The maximum atomic E-state index is 12.6. The van der Waals surface area contributed by atoms with Crippen LogP contribution in [0.3, 0.4) is 0 Å². The summed E-state index contributed by atoms with van der Waals surface area (Å²) in [4.78, 5) is 9.90. The van der Waals surface area contributed by atoms with E-state index in [9.17, 15) is 13.2 Å². The van der Waals surface area contributed by atoms with Crippen LogP contribution in [0.2, 0.25) is 0 Å². The summed E-state index contributed by atoms with van der Waals surface area (Å²) in [5, 5.41) is 7.85. The highest BCUT2D eigenvalue weighted by Crippen LogP contribution is 2.30. The fourth-order valence-corrected chi connectivity index (χ4v) is 3.49. The molecule has 2 rings (SSSR count). The van der Waals surface area contributed by atoms with Crippen molar-refractivity contribution in [1.82, 2.24) is 20.5 Å². The van der Waals surface area contributed by atoms with Crippen LogP contribution < -0.4 is 15.4 Å². The van der Waals surface area contributed by atoms with Gasteiger partial charge in [0.05, 0.1) is 18.2 Å². The zero-order valence-corrected chi connectivity index (χ0v) is 17.7. The Kier molecular flexibility index (Phi) is 8.27. The van der Waals surface area contributed by atoms with Crippen molar-refractivity contribution in [2.45, 2.75) is 18.6 Å². The maximum Gasteiger partial charge on any atom is 0.434 e. The first kappa shape index (κ1) is 23.0. The van der Waals surface area contributed by atoms with Gasteiger partial charge in [-0.2, -0.15) is 13.2 Å². The second kappa shape index (κ2) is 10.4. The van der Waals surface area contributed by atoms with E-state index in [4.69, 9.17) is 4.74 Å². The van der Waals surface area contributed by atoms with Gasteiger partial charge < -0.3 is 20.3 Å². The van der Waals surface area contributed by atoms with E-state index < -0.39 is 11.9 Å². The van der Waals surface area contributed by atoms with Crippen molar-refractivity contribution in [3.05, 3.63) is 45.9 Å². The molecule has 160 valence electrons. The van der Waals surface area contributed by atoms with Crippen molar-refractivity contribution in [3.63, 3.8) is 0 Å². The molecule has 0 spiro atoms. The molecular weight excluding hydrogens is 403 g/mol. The van der Waals surface area contributed by atoms with Crippen molar-refractivity contribution in [2.75, 3.05) is 41.3 Å². The Morgan fingerprint density at radius 1 is 1.24 bits per heavy atom. The van der Waals surface area contributed by atoms with Crippen molar-refractivity contribution in [2.24, 2.45) is 4.99 Å². The number of rotatable bonds is 8. The topological polar surface area (TPSA) is 61.8 Å². The van der Waals surface area contributed by atoms with Crippen LogP contribution in [0.5, 0.6) is 5.75 Å². The van der Waals surface area contributed by atoms with Gasteiger partial charge in [-0.15, -0.1) is 11.3 Å². The monoisotopic (exact) mass is 429 g/mol. The van der Waals surface area contributed by atoms with Crippen LogP contribution in [0, 0.1) is 0 Å². The second-order valence-corrected chi connectivity index (χ2v) is 7.45. The first-order valence-electron chi connectivity index (χ1n) is 9.01. The average molecular weight is 430 g/mol. The molecule has 0 saturated carbocycles. The Labute approximate surface area is 172 Å². The van der Waals surface area contributed by atoms with Gasteiger partial charge in [0.1, 0.15) is 5.75 Å². The van der Waals surface area contributed by atoms with Crippen LogP contribution >= 0.6 is 11.3 Å². The minimum atomic E-state index is -4.40. The quantitative estimate of drug-likeness (QED) is 0.499. The van der Waals surface area contributed by atoms with Gasteiger partial charge in [0.15, 0.2) is 11.7 Å². The van der Waals surface area contributed by atoms with E-state index in [1.54, 1.807) is 14.2 Å². The Bertz CT molecular complexity index is 790. The van der Waals surface area contributed by atoms with Gasteiger partial charge in [0.2, 0.25) is 0 Å². The van der Waals surface area contributed by atoms with Crippen molar-refractivity contribution < 1.29 is 17.9 Å². The molecule has 0 aliphatic carbocycles. The number of benzene rings is 1. The fraction of sp³-hybridized carbons (Fsp3) is 0.474. The number of guanidine groups is 1. The first-order chi connectivity index (χ1) is 13.7. The summed E-state index contributed by atoms with van der Waals surface area (Å²) < 4.78 is 43.1. The molecule has 10 heteroatoms. The number of nitrogens with zero attached hydrogens (tertiary/aromatic N) is 3. The van der Waals surface area contributed by atoms with E-state index in [-0.39, 0.29) is 6.04 Å². The predicted molar refractivity (Wildman–Crippen MR) is 110 cm³/mol. The van der Waals surface area contributed by atoms with E-state index in [0.29, 0.717) is 30.5 Å². The molecule has 1 aromatic carbocycles. The minimum absolute atomic E-state index is 0.104. The smallest absolute Gasteiger partial charge is 0.434 e. The van der Waals surface area contributed by atoms with Gasteiger partial charge >= 0.3 is 6.18 Å². The van der Waals surface area contributed by atoms with Gasteiger partial charge in [-0.3, -0.25) is 4.99 Å². The number of aliphatic imine (C=N–C) groups is 1. The Morgan fingerprint density at radius 3 is 2.45 bits per heavy atom. The number of thiazole rings is 1. The highest BCUT2D eigenvalue weighted by molar-refractivity contribution is 7.09. The zero-order chi connectivity index (χ0) is 21.4. The van der Waals surface area contributed by atoms with E-state index in [0.717, 1.165) is 28.0 Å². The number of hydrogen-bond donors (Lipinski definition) is 2. The molecule has 0 fully saturated rings. The zero-order valence-electron chi connectivity index (χ0n) is 16.9. The van der Waals surface area contributed by atoms with Crippen LogP contribution in [-0.2, 0) is 12.6 Å². The largest absolute Gasteiger partial charge is 0.497 e. The van der Waals surface area contributed by atoms with E-state index in [2.05, 4.69) is 25.5 Å². The molecule has 1 aromatic heterocycles. The number of aromatic nitrogens is 1. The average Bonchev–Trinajstić information content (AvgIpc) is 3.16. The summed E-state index contributed by atoms with van der Waals surface area (Å²) in [6.07, 6.45) is -4.01. The Balaban J connectivity index is 1.87.